The predicted octanol–water partition coefficient (Wildman–Crippen LogP) is 5.01. The molecule has 2 amide bonds. The minimum absolute atomic E-state index is 0.0100. The first-order chi connectivity index (χ1) is 15.8. The molecule has 1 atom stereocenters. The van der Waals surface area contributed by atoms with E-state index in [2.05, 4.69) is 25.2 Å². The van der Waals surface area contributed by atoms with Crippen molar-refractivity contribution < 1.29 is 9.59 Å². The Morgan fingerprint density at radius 2 is 1.39 bits per heavy atom. The first-order valence-electron chi connectivity index (χ1n) is 11.6. The Balaban J connectivity index is 1.95. The number of amides is 2. The SMILES string of the molecule is Cc1ccc(CC(=O)N(Cc2ccccc2)C(Cc2ccccc2)C(=O)NC(C)C)cc1C. The van der Waals surface area contributed by atoms with Gasteiger partial charge in [0.05, 0.1) is 6.42 Å². The van der Waals surface area contributed by atoms with Crippen LogP contribution in [0.4, 0.5) is 0 Å². The molecule has 4 nitrogen and oxygen atoms in total. The molecule has 0 fully saturated rings. The highest BCUT2D eigenvalue weighted by Gasteiger charge is 2.30. The van der Waals surface area contributed by atoms with Crippen LogP contribution in [0.1, 0.15) is 41.7 Å². The second kappa shape index (κ2) is 11.5. The summed E-state index contributed by atoms with van der Waals surface area (Å²) in [5, 5.41) is 3.03. The zero-order chi connectivity index (χ0) is 23.8. The van der Waals surface area contributed by atoms with Gasteiger partial charge in [-0.15, -0.1) is 0 Å². The van der Waals surface area contributed by atoms with Gasteiger partial charge in [0.1, 0.15) is 6.04 Å². The van der Waals surface area contributed by atoms with Crippen LogP contribution in [0.3, 0.4) is 0 Å². The van der Waals surface area contributed by atoms with E-state index < -0.39 is 6.04 Å². The van der Waals surface area contributed by atoms with Crippen molar-refractivity contribution in [3.05, 3.63) is 107 Å². The Labute approximate surface area is 197 Å². The van der Waals surface area contributed by atoms with Crippen molar-refractivity contribution in [2.24, 2.45) is 0 Å². The third-order valence-electron chi connectivity index (χ3n) is 5.82. The monoisotopic (exact) mass is 442 g/mol. The fourth-order valence-corrected chi connectivity index (χ4v) is 3.90. The highest BCUT2D eigenvalue weighted by atomic mass is 16.2. The first kappa shape index (κ1) is 24.2. The molecule has 172 valence electrons. The van der Waals surface area contributed by atoms with Gasteiger partial charge in [0.25, 0.3) is 0 Å². The molecular weight excluding hydrogens is 408 g/mol. The number of hydrogen-bond acceptors (Lipinski definition) is 2. The summed E-state index contributed by atoms with van der Waals surface area (Å²) in [5.41, 5.74) is 5.35. The lowest BCUT2D eigenvalue weighted by Crippen LogP contribution is -2.52. The molecule has 0 radical (unpaired) electrons. The topological polar surface area (TPSA) is 49.4 Å². The maximum atomic E-state index is 13.7. The van der Waals surface area contributed by atoms with Crippen molar-refractivity contribution in [2.45, 2.75) is 59.2 Å². The molecule has 1 unspecified atom stereocenters. The fraction of sp³-hybridized carbons (Fsp3) is 0.310. The normalized spacial score (nSPS) is 11.8. The van der Waals surface area contributed by atoms with Gasteiger partial charge in [-0.1, -0.05) is 78.9 Å². The number of carbonyl (C=O) groups is 2. The average molecular weight is 443 g/mol. The molecule has 3 aromatic carbocycles. The van der Waals surface area contributed by atoms with Crippen LogP contribution in [-0.2, 0) is 29.0 Å². The van der Waals surface area contributed by atoms with Crippen LogP contribution in [0.25, 0.3) is 0 Å². The van der Waals surface area contributed by atoms with Gasteiger partial charge in [0.15, 0.2) is 0 Å². The summed E-state index contributed by atoms with van der Waals surface area (Å²) in [6.07, 6.45) is 0.721. The molecule has 0 saturated heterocycles. The number of rotatable bonds is 9. The number of nitrogens with one attached hydrogen (secondary N) is 1. The molecule has 0 aliphatic heterocycles. The van der Waals surface area contributed by atoms with Crippen LogP contribution >= 0.6 is 0 Å². The second-order valence-corrected chi connectivity index (χ2v) is 8.97. The molecule has 0 heterocycles. The summed E-state index contributed by atoms with van der Waals surface area (Å²) in [6.45, 7) is 8.38. The summed E-state index contributed by atoms with van der Waals surface area (Å²) in [7, 11) is 0. The quantitative estimate of drug-likeness (QED) is 0.506. The van der Waals surface area contributed by atoms with Crippen molar-refractivity contribution >= 4 is 11.8 Å². The van der Waals surface area contributed by atoms with E-state index in [0.717, 1.165) is 22.3 Å². The second-order valence-electron chi connectivity index (χ2n) is 8.97. The lowest BCUT2D eigenvalue weighted by Gasteiger charge is -2.32. The summed E-state index contributed by atoms with van der Waals surface area (Å²) in [6, 6.07) is 25.3. The largest absolute Gasteiger partial charge is 0.352 e. The minimum Gasteiger partial charge on any atom is -0.352 e. The average Bonchev–Trinajstić information content (AvgIpc) is 2.79. The highest BCUT2D eigenvalue weighted by molar-refractivity contribution is 5.89. The molecular formula is C29H34N2O2. The maximum Gasteiger partial charge on any atom is 0.243 e. The van der Waals surface area contributed by atoms with Crippen molar-refractivity contribution in [1.29, 1.82) is 0 Å². The van der Waals surface area contributed by atoms with Gasteiger partial charge in [-0.2, -0.15) is 0 Å². The van der Waals surface area contributed by atoms with Gasteiger partial charge < -0.3 is 10.2 Å². The maximum absolute atomic E-state index is 13.7. The minimum atomic E-state index is -0.603. The molecule has 3 aromatic rings. The number of hydrogen-bond donors (Lipinski definition) is 1. The smallest absolute Gasteiger partial charge is 0.243 e. The highest BCUT2D eigenvalue weighted by Crippen LogP contribution is 2.18. The van der Waals surface area contributed by atoms with E-state index in [4.69, 9.17) is 0 Å². The number of carbonyl (C=O) groups excluding carboxylic acids is 2. The van der Waals surface area contributed by atoms with Gasteiger partial charge in [-0.3, -0.25) is 9.59 Å². The van der Waals surface area contributed by atoms with E-state index in [1.165, 1.54) is 5.56 Å². The van der Waals surface area contributed by atoms with E-state index >= 15 is 0 Å². The van der Waals surface area contributed by atoms with Gasteiger partial charge in [-0.25, -0.2) is 0 Å². The van der Waals surface area contributed by atoms with E-state index in [9.17, 15) is 9.59 Å². The van der Waals surface area contributed by atoms with Crippen molar-refractivity contribution in [1.82, 2.24) is 10.2 Å². The third kappa shape index (κ3) is 7.04. The summed E-state index contributed by atoms with van der Waals surface area (Å²) >= 11 is 0. The fourth-order valence-electron chi connectivity index (χ4n) is 3.90. The van der Waals surface area contributed by atoms with Crippen LogP contribution in [0.15, 0.2) is 78.9 Å². The summed E-state index contributed by atoms with van der Waals surface area (Å²) < 4.78 is 0. The van der Waals surface area contributed by atoms with Crippen molar-refractivity contribution in [3.8, 4) is 0 Å². The number of nitrogens with zero attached hydrogens (tertiary/aromatic N) is 1. The molecule has 0 bridgehead atoms. The van der Waals surface area contributed by atoms with Gasteiger partial charge in [0, 0.05) is 19.0 Å². The Kier molecular flexibility index (Phi) is 8.42. The van der Waals surface area contributed by atoms with Crippen molar-refractivity contribution in [3.63, 3.8) is 0 Å². The Bertz CT molecular complexity index is 1060. The predicted molar refractivity (Wildman–Crippen MR) is 134 cm³/mol. The van der Waals surface area contributed by atoms with Crippen molar-refractivity contribution in [2.75, 3.05) is 0 Å². The lowest BCUT2D eigenvalue weighted by atomic mass is 10.00. The van der Waals surface area contributed by atoms with Crippen LogP contribution in [0.2, 0.25) is 0 Å². The summed E-state index contributed by atoms with van der Waals surface area (Å²) in [5.74, 6) is -0.180. The Hall–Kier alpha value is -3.40. The van der Waals surface area contributed by atoms with E-state index in [-0.39, 0.29) is 24.3 Å². The lowest BCUT2D eigenvalue weighted by molar-refractivity contribution is -0.141. The zero-order valence-corrected chi connectivity index (χ0v) is 20.0. The van der Waals surface area contributed by atoms with Gasteiger partial charge >= 0.3 is 0 Å². The molecule has 0 aliphatic rings. The van der Waals surface area contributed by atoms with Gasteiger partial charge in [0.2, 0.25) is 11.8 Å². The number of aryl methyl sites for hydroxylation is 2. The standard InChI is InChI=1S/C29H34N2O2/c1-21(2)30-29(33)27(18-24-11-7-5-8-12-24)31(20-25-13-9-6-10-14-25)28(32)19-26-16-15-22(3)23(4)17-26/h5-17,21,27H,18-20H2,1-4H3,(H,30,33). The third-order valence-corrected chi connectivity index (χ3v) is 5.82. The van der Waals surface area contributed by atoms with E-state index in [0.29, 0.717) is 13.0 Å². The molecule has 1 N–H and O–H groups in total. The molecule has 0 aliphatic carbocycles. The van der Waals surface area contributed by atoms with E-state index in [1.54, 1.807) is 4.90 Å². The van der Waals surface area contributed by atoms with Gasteiger partial charge in [-0.05, 0) is 55.5 Å². The molecule has 4 heteroatoms. The van der Waals surface area contributed by atoms with Crippen LogP contribution in [0, 0.1) is 13.8 Å². The molecule has 0 saturated carbocycles. The Morgan fingerprint density at radius 1 is 0.788 bits per heavy atom. The molecule has 3 rings (SSSR count). The summed E-state index contributed by atoms with van der Waals surface area (Å²) in [4.78, 5) is 28.8. The van der Waals surface area contributed by atoms with Crippen LogP contribution in [-0.4, -0.2) is 28.8 Å². The number of benzene rings is 3. The molecule has 0 spiro atoms. The molecule has 0 aromatic heterocycles. The Morgan fingerprint density at radius 3 is 1.97 bits per heavy atom. The van der Waals surface area contributed by atoms with Crippen LogP contribution < -0.4 is 5.32 Å². The van der Waals surface area contributed by atoms with Crippen LogP contribution in [0.5, 0.6) is 0 Å². The first-order valence-corrected chi connectivity index (χ1v) is 11.6. The van der Waals surface area contributed by atoms with E-state index in [1.807, 2.05) is 86.6 Å². The molecule has 33 heavy (non-hydrogen) atoms. The zero-order valence-electron chi connectivity index (χ0n) is 20.0.